The van der Waals surface area contributed by atoms with E-state index in [2.05, 4.69) is 133 Å². The van der Waals surface area contributed by atoms with E-state index in [4.69, 9.17) is 0 Å². The maximum absolute atomic E-state index is 2.44. The average Bonchev–Trinajstić information content (AvgIpc) is 3.31. The SMILES string of the molecule is c1ccc(-c2c3ccccc3c(-c3ccc4c(c3)-c3cc5ccccc5cc3C4)c3ccccc23)cc1. The van der Waals surface area contributed by atoms with E-state index in [0.29, 0.717) is 0 Å². The van der Waals surface area contributed by atoms with Crippen LogP contribution in [0.3, 0.4) is 0 Å². The van der Waals surface area contributed by atoms with Crippen molar-refractivity contribution in [2.75, 3.05) is 0 Å². The Bertz CT molecular complexity index is 1940. The van der Waals surface area contributed by atoms with E-state index in [1.807, 2.05) is 0 Å². The third kappa shape index (κ3) is 3.09. The minimum atomic E-state index is 1.00. The van der Waals surface area contributed by atoms with Crippen LogP contribution in [0.1, 0.15) is 11.1 Å². The van der Waals surface area contributed by atoms with Gasteiger partial charge in [0.25, 0.3) is 0 Å². The van der Waals surface area contributed by atoms with Crippen LogP contribution in [0, 0.1) is 0 Å². The van der Waals surface area contributed by atoms with Gasteiger partial charge in [0, 0.05) is 0 Å². The van der Waals surface area contributed by atoms with E-state index in [9.17, 15) is 0 Å². The van der Waals surface area contributed by atoms with Crippen molar-refractivity contribution in [2.45, 2.75) is 6.42 Å². The highest BCUT2D eigenvalue weighted by Gasteiger charge is 2.22. The molecule has 172 valence electrons. The van der Waals surface area contributed by atoms with Crippen molar-refractivity contribution in [1.82, 2.24) is 0 Å². The van der Waals surface area contributed by atoms with Crippen molar-refractivity contribution in [3.63, 3.8) is 0 Å². The van der Waals surface area contributed by atoms with E-state index >= 15 is 0 Å². The fourth-order valence-electron chi connectivity index (χ4n) is 6.38. The van der Waals surface area contributed by atoms with Gasteiger partial charge in [0.2, 0.25) is 0 Å². The molecule has 0 radical (unpaired) electrons. The molecule has 0 fully saturated rings. The van der Waals surface area contributed by atoms with Gasteiger partial charge in [0.05, 0.1) is 0 Å². The molecule has 0 atom stereocenters. The second-order valence-electron chi connectivity index (χ2n) is 10.1. The van der Waals surface area contributed by atoms with Crippen LogP contribution in [0.5, 0.6) is 0 Å². The Morgan fingerprint density at radius 3 is 1.51 bits per heavy atom. The zero-order chi connectivity index (χ0) is 24.3. The molecule has 1 aliphatic carbocycles. The molecule has 0 nitrogen and oxygen atoms in total. The first kappa shape index (κ1) is 20.5. The first-order chi connectivity index (χ1) is 18.3. The smallest absolute Gasteiger partial charge is 0.00132 e. The van der Waals surface area contributed by atoms with Crippen LogP contribution in [0.15, 0.2) is 133 Å². The lowest BCUT2D eigenvalue weighted by Gasteiger charge is -2.18. The predicted octanol–water partition coefficient (Wildman–Crippen LogP) is 10.1. The molecule has 0 amide bonds. The largest absolute Gasteiger partial charge is 0.0622 e. The molecular weight excluding hydrogens is 444 g/mol. The van der Waals surface area contributed by atoms with Gasteiger partial charge in [-0.05, 0) is 95.4 Å². The van der Waals surface area contributed by atoms with E-state index in [1.165, 1.54) is 76.8 Å². The molecule has 0 spiro atoms. The third-order valence-electron chi connectivity index (χ3n) is 8.04. The van der Waals surface area contributed by atoms with E-state index in [1.54, 1.807) is 0 Å². The summed E-state index contributed by atoms with van der Waals surface area (Å²) in [6, 6.07) is 49.2. The summed E-state index contributed by atoms with van der Waals surface area (Å²) < 4.78 is 0. The topological polar surface area (TPSA) is 0 Å². The Balaban J connectivity index is 1.43. The second-order valence-corrected chi connectivity index (χ2v) is 10.1. The molecule has 0 heterocycles. The first-order valence-electron chi connectivity index (χ1n) is 13.0. The normalized spacial score (nSPS) is 12.2. The minimum absolute atomic E-state index is 1.00. The molecule has 0 unspecified atom stereocenters. The number of hydrogen-bond donors (Lipinski definition) is 0. The maximum atomic E-state index is 2.44. The summed E-state index contributed by atoms with van der Waals surface area (Å²) >= 11 is 0. The van der Waals surface area contributed by atoms with Gasteiger partial charge in [-0.15, -0.1) is 0 Å². The molecule has 0 aliphatic heterocycles. The maximum Gasteiger partial charge on any atom is -0.00132 e. The summed E-state index contributed by atoms with van der Waals surface area (Å²) in [5.41, 5.74) is 10.8. The standard InChI is InChI=1S/C37H24/c1-2-10-24(11-3-1)36-30-14-6-8-16-32(30)37(33-17-9-7-15-31(33)36)28-19-18-27-21-29-20-25-12-4-5-13-26(25)22-35(29)34(27)23-28/h1-20,22-23H,21H2. The van der Waals surface area contributed by atoms with Crippen LogP contribution in [0.25, 0.3) is 65.7 Å². The molecule has 1 aliphatic rings. The fraction of sp³-hybridized carbons (Fsp3) is 0.0270. The highest BCUT2D eigenvalue weighted by atomic mass is 14.3. The minimum Gasteiger partial charge on any atom is -0.0622 e. The Labute approximate surface area is 216 Å². The van der Waals surface area contributed by atoms with Crippen LogP contribution in [-0.4, -0.2) is 0 Å². The number of hydrogen-bond acceptors (Lipinski definition) is 0. The van der Waals surface area contributed by atoms with Gasteiger partial charge in [0.1, 0.15) is 0 Å². The molecule has 37 heavy (non-hydrogen) atoms. The lowest BCUT2D eigenvalue weighted by molar-refractivity contribution is 1.27. The van der Waals surface area contributed by atoms with Crippen molar-refractivity contribution >= 4 is 32.3 Å². The second kappa shape index (κ2) is 7.91. The first-order valence-corrected chi connectivity index (χ1v) is 13.0. The van der Waals surface area contributed by atoms with Crippen molar-refractivity contribution < 1.29 is 0 Å². The van der Waals surface area contributed by atoms with Crippen molar-refractivity contribution in [2.24, 2.45) is 0 Å². The summed E-state index contributed by atoms with van der Waals surface area (Å²) in [6.45, 7) is 0. The van der Waals surface area contributed by atoms with Gasteiger partial charge < -0.3 is 0 Å². The Morgan fingerprint density at radius 1 is 0.351 bits per heavy atom. The molecule has 0 saturated carbocycles. The van der Waals surface area contributed by atoms with Crippen LogP contribution < -0.4 is 0 Å². The molecular formula is C37H24. The average molecular weight is 469 g/mol. The molecule has 7 aromatic rings. The Hall–Kier alpha value is -4.68. The van der Waals surface area contributed by atoms with Crippen LogP contribution in [0.2, 0.25) is 0 Å². The molecule has 8 rings (SSSR count). The van der Waals surface area contributed by atoms with Crippen molar-refractivity contribution in [3.05, 3.63) is 145 Å². The summed E-state index contributed by atoms with van der Waals surface area (Å²) in [5, 5.41) is 7.84. The summed E-state index contributed by atoms with van der Waals surface area (Å²) in [5.74, 6) is 0. The van der Waals surface area contributed by atoms with Gasteiger partial charge in [-0.25, -0.2) is 0 Å². The zero-order valence-electron chi connectivity index (χ0n) is 20.4. The number of rotatable bonds is 2. The molecule has 0 saturated heterocycles. The van der Waals surface area contributed by atoms with Crippen LogP contribution in [0.4, 0.5) is 0 Å². The van der Waals surface area contributed by atoms with E-state index in [0.717, 1.165) is 6.42 Å². The van der Waals surface area contributed by atoms with Gasteiger partial charge in [0.15, 0.2) is 0 Å². The Morgan fingerprint density at radius 2 is 0.865 bits per heavy atom. The fourth-order valence-corrected chi connectivity index (χ4v) is 6.38. The quantitative estimate of drug-likeness (QED) is 0.221. The Kier molecular flexibility index (Phi) is 4.39. The van der Waals surface area contributed by atoms with Crippen molar-refractivity contribution in [1.29, 1.82) is 0 Å². The van der Waals surface area contributed by atoms with Gasteiger partial charge in [-0.1, -0.05) is 121 Å². The van der Waals surface area contributed by atoms with Gasteiger partial charge in [-0.3, -0.25) is 0 Å². The van der Waals surface area contributed by atoms with Gasteiger partial charge >= 0.3 is 0 Å². The molecule has 0 heteroatoms. The molecule has 0 bridgehead atoms. The molecule has 0 N–H and O–H groups in total. The highest BCUT2D eigenvalue weighted by Crippen LogP contribution is 2.46. The summed E-state index contributed by atoms with van der Waals surface area (Å²) in [4.78, 5) is 0. The molecule has 0 aromatic heterocycles. The van der Waals surface area contributed by atoms with Crippen molar-refractivity contribution in [3.8, 4) is 33.4 Å². The third-order valence-corrected chi connectivity index (χ3v) is 8.04. The number of benzene rings is 7. The lowest BCUT2D eigenvalue weighted by atomic mass is 9.85. The molecule has 7 aromatic carbocycles. The van der Waals surface area contributed by atoms with E-state index in [-0.39, 0.29) is 0 Å². The lowest BCUT2D eigenvalue weighted by Crippen LogP contribution is -1.91. The number of fused-ring (bicyclic) bond motifs is 6. The zero-order valence-corrected chi connectivity index (χ0v) is 20.4. The summed E-state index contributed by atoms with van der Waals surface area (Å²) in [7, 11) is 0. The van der Waals surface area contributed by atoms with Crippen LogP contribution >= 0.6 is 0 Å². The highest BCUT2D eigenvalue weighted by molar-refractivity contribution is 6.21. The van der Waals surface area contributed by atoms with Gasteiger partial charge in [-0.2, -0.15) is 0 Å². The van der Waals surface area contributed by atoms with Crippen LogP contribution in [-0.2, 0) is 6.42 Å². The monoisotopic (exact) mass is 468 g/mol. The van der Waals surface area contributed by atoms with E-state index < -0.39 is 0 Å². The predicted molar refractivity (Wildman–Crippen MR) is 158 cm³/mol. The summed E-state index contributed by atoms with van der Waals surface area (Å²) in [6.07, 6.45) is 1.00.